The molecule has 8 aromatic rings. The molecule has 0 aromatic heterocycles. The summed E-state index contributed by atoms with van der Waals surface area (Å²) in [5.41, 5.74) is 9.19. The molecule has 4 nitrogen and oxygen atoms in total. The minimum atomic E-state index is -0.249. The zero-order valence-electron chi connectivity index (χ0n) is 32.5. The Bertz CT molecular complexity index is 3080. The minimum absolute atomic E-state index is 0.218. The summed E-state index contributed by atoms with van der Waals surface area (Å²) in [6.45, 7) is 2.33. The Morgan fingerprint density at radius 3 is 1.90 bits per heavy atom. The molecule has 2 atom stereocenters. The van der Waals surface area contributed by atoms with E-state index in [2.05, 4.69) is 177 Å². The van der Waals surface area contributed by atoms with Gasteiger partial charge in [-0.05, 0) is 96.4 Å². The van der Waals surface area contributed by atoms with Crippen molar-refractivity contribution < 1.29 is 0 Å². The molecule has 0 saturated heterocycles. The van der Waals surface area contributed by atoms with Crippen molar-refractivity contribution in [2.45, 2.75) is 24.9 Å². The van der Waals surface area contributed by atoms with Crippen LogP contribution in [0.15, 0.2) is 204 Å². The number of likely N-dealkylation sites (N-methyl/N-ethyl adjacent to an activating group) is 1. The van der Waals surface area contributed by atoms with Crippen LogP contribution in [-0.2, 0) is 5.41 Å². The maximum absolute atomic E-state index is 10.3. The fourth-order valence-corrected chi connectivity index (χ4v) is 8.89. The summed E-state index contributed by atoms with van der Waals surface area (Å²) in [6.07, 6.45) is 7.60. The average Bonchev–Trinajstić information content (AvgIpc) is 3.29. The molecule has 0 N–H and O–H groups in total. The molecule has 58 heavy (non-hydrogen) atoms. The molecule has 2 unspecified atom stereocenters. The van der Waals surface area contributed by atoms with Crippen LogP contribution in [0.2, 0.25) is 0 Å². The number of nitrogens with zero attached hydrogens (tertiary/aromatic N) is 4. The maximum atomic E-state index is 10.3. The summed E-state index contributed by atoms with van der Waals surface area (Å²) in [6, 6.07) is 62.1. The summed E-state index contributed by atoms with van der Waals surface area (Å²) in [7, 11) is 2.09. The van der Waals surface area contributed by atoms with Crippen LogP contribution >= 0.6 is 0 Å². The van der Waals surface area contributed by atoms with Gasteiger partial charge in [0.15, 0.2) is 5.84 Å². The van der Waals surface area contributed by atoms with E-state index >= 15 is 0 Å². The molecule has 8 aromatic carbocycles. The molecule has 0 radical (unpaired) electrons. The zero-order valence-corrected chi connectivity index (χ0v) is 32.5. The number of fused-ring (bicyclic) bond motifs is 4. The predicted octanol–water partition coefficient (Wildman–Crippen LogP) is 12.7. The molecule has 2 aliphatic rings. The van der Waals surface area contributed by atoms with E-state index in [1.54, 1.807) is 0 Å². The largest absolute Gasteiger partial charge is 0.333 e. The second kappa shape index (κ2) is 14.3. The van der Waals surface area contributed by atoms with Crippen LogP contribution in [0.25, 0.3) is 54.6 Å². The Balaban J connectivity index is 1.02. The van der Waals surface area contributed by atoms with Crippen molar-refractivity contribution >= 4 is 44.0 Å². The first-order chi connectivity index (χ1) is 28.5. The highest BCUT2D eigenvalue weighted by molar-refractivity contribution is 6.15. The second-order valence-corrected chi connectivity index (χ2v) is 15.6. The summed E-state index contributed by atoms with van der Waals surface area (Å²) < 4.78 is 0. The van der Waals surface area contributed by atoms with Crippen LogP contribution < -0.4 is 0 Å². The maximum Gasteiger partial charge on any atom is 0.159 e. The van der Waals surface area contributed by atoms with Gasteiger partial charge in [-0.25, -0.2) is 9.98 Å². The van der Waals surface area contributed by atoms with Crippen molar-refractivity contribution in [1.82, 2.24) is 4.90 Å². The second-order valence-electron chi connectivity index (χ2n) is 15.6. The first-order valence-corrected chi connectivity index (χ1v) is 19.9. The number of benzene rings is 8. The van der Waals surface area contributed by atoms with E-state index in [-0.39, 0.29) is 11.6 Å². The van der Waals surface area contributed by atoms with Crippen molar-refractivity contribution in [1.29, 1.82) is 5.26 Å². The molecular formula is C54H40N4. The molecule has 0 spiro atoms. The van der Waals surface area contributed by atoms with Gasteiger partial charge in [0.1, 0.15) is 12.0 Å². The van der Waals surface area contributed by atoms with Gasteiger partial charge in [0, 0.05) is 23.6 Å². The van der Waals surface area contributed by atoms with Crippen molar-refractivity contribution in [3.63, 3.8) is 0 Å². The minimum Gasteiger partial charge on any atom is -0.333 e. The SMILES string of the molecule is CN1C(c2ccccc2)=NC(c2ccccc2)=NC1C1=CCC(C)(c2ccc(-c3cc(C#N)cc(-c4cc5ccccc5c5ccccc45)c3)c3ccccc23)C=C1. The summed E-state index contributed by atoms with van der Waals surface area (Å²) in [5.74, 6) is 1.64. The quantitative estimate of drug-likeness (QED) is 0.159. The first-order valence-electron chi connectivity index (χ1n) is 19.9. The number of allylic oxidation sites excluding steroid dienone is 2. The van der Waals surface area contributed by atoms with E-state index in [9.17, 15) is 5.26 Å². The Morgan fingerprint density at radius 1 is 0.603 bits per heavy atom. The van der Waals surface area contributed by atoms with Crippen molar-refractivity contribution in [2.75, 3.05) is 7.05 Å². The highest BCUT2D eigenvalue weighted by Gasteiger charge is 2.32. The van der Waals surface area contributed by atoms with Crippen molar-refractivity contribution in [3.05, 3.63) is 216 Å². The standard InChI is InChI=1S/C54H40N4/c1-54(29-27-39(28-30-54)53-57-51(37-15-5-3-6-16-37)56-52(58(53)2)38-17-7-4-8-18-38)50-26-25-44(46-22-13-14-24-48(46)50)41-31-36(35-55)32-42(33-41)49-34-40-19-9-10-20-43(40)45-21-11-12-23-47(45)49/h3-29,31-34,53H,30H2,1-2H3. The highest BCUT2D eigenvalue weighted by atomic mass is 15.3. The number of rotatable bonds is 6. The zero-order chi connectivity index (χ0) is 39.2. The lowest BCUT2D eigenvalue weighted by Gasteiger charge is -2.36. The first kappa shape index (κ1) is 35.1. The molecule has 0 saturated carbocycles. The van der Waals surface area contributed by atoms with Gasteiger partial charge in [-0.2, -0.15) is 5.26 Å². The lowest BCUT2D eigenvalue weighted by atomic mass is 9.73. The lowest BCUT2D eigenvalue weighted by molar-refractivity contribution is 0.417. The molecule has 1 heterocycles. The van der Waals surface area contributed by atoms with Crippen molar-refractivity contribution in [3.8, 4) is 28.3 Å². The molecule has 276 valence electrons. The number of hydrogen-bond acceptors (Lipinski definition) is 4. The van der Waals surface area contributed by atoms with E-state index in [1.807, 2.05) is 36.4 Å². The Kier molecular flexibility index (Phi) is 8.65. The fourth-order valence-electron chi connectivity index (χ4n) is 8.89. The fraction of sp³-hybridized carbons (Fsp3) is 0.0926. The Morgan fingerprint density at radius 2 is 1.21 bits per heavy atom. The number of nitriles is 1. The van der Waals surface area contributed by atoms with Gasteiger partial charge < -0.3 is 4.90 Å². The van der Waals surface area contributed by atoms with Crippen LogP contribution in [0.5, 0.6) is 0 Å². The monoisotopic (exact) mass is 744 g/mol. The van der Waals surface area contributed by atoms with Crippen LogP contribution in [0.3, 0.4) is 0 Å². The highest BCUT2D eigenvalue weighted by Crippen LogP contribution is 2.43. The van der Waals surface area contributed by atoms with Gasteiger partial charge in [-0.1, -0.05) is 171 Å². The van der Waals surface area contributed by atoms with Gasteiger partial charge in [-0.3, -0.25) is 0 Å². The van der Waals surface area contributed by atoms with Crippen LogP contribution in [-0.4, -0.2) is 29.8 Å². The Hall–Kier alpha value is -7.35. The summed E-state index contributed by atoms with van der Waals surface area (Å²) in [5, 5.41) is 17.5. The van der Waals surface area contributed by atoms with E-state index < -0.39 is 0 Å². The van der Waals surface area contributed by atoms with Crippen molar-refractivity contribution in [2.24, 2.45) is 9.98 Å². The van der Waals surface area contributed by atoms with Gasteiger partial charge in [-0.15, -0.1) is 0 Å². The van der Waals surface area contributed by atoms with Crippen LogP contribution in [0.1, 0.15) is 35.6 Å². The number of aliphatic imine (C=N–C) groups is 2. The molecule has 0 fully saturated rings. The van der Waals surface area contributed by atoms with Gasteiger partial charge in [0.25, 0.3) is 0 Å². The number of hydrogen-bond donors (Lipinski definition) is 0. The van der Waals surface area contributed by atoms with E-state index in [0.29, 0.717) is 5.56 Å². The molecule has 1 aliphatic carbocycles. The normalized spacial score (nSPS) is 17.8. The average molecular weight is 745 g/mol. The molecule has 1 aliphatic heterocycles. The third-order valence-electron chi connectivity index (χ3n) is 11.9. The third kappa shape index (κ3) is 6.09. The van der Waals surface area contributed by atoms with Gasteiger partial charge in [0.05, 0.1) is 11.6 Å². The number of amidine groups is 2. The Labute approximate surface area is 339 Å². The van der Waals surface area contributed by atoms with Crippen LogP contribution in [0, 0.1) is 11.3 Å². The molecule has 0 bridgehead atoms. The van der Waals surface area contributed by atoms with Gasteiger partial charge in [0.2, 0.25) is 0 Å². The molecule has 10 rings (SSSR count). The summed E-state index contributed by atoms with van der Waals surface area (Å²) in [4.78, 5) is 12.5. The molecule has 4 heteroatoms. The topological polar surface area (TPSA) is 51.8 Å². The summed E-state index contributed by atoms with van der Waals surface area (Å²) >= 11 is 0. The smallest absolute Gasteiger partial charge is 0.159 e. The predicted molar refractivity (Wildman–Crippen MR) is 241 cm³/mol. The third-order valence-corrected chi connectivity index (χ3v) is 11.9. The van der Waals surface area contributed by atoms with Crippen LogP contribution in [0.4, 0.5) is 0 Å². The van der Waals surface area contributed by atoms with Gasteiger partial charge >= 0.3 is 0 Å². The molecular weight excluding hydrogens is 705 g/mol. The molecule has 0 amide bonds. The van der Waals surface area contributed by atoms with E-state index in [1.165, 1.54) is 37.9 Å². The van der Waals surface area contributed by atoms with E-state index in [0.717, 1.165) is 57.0 Å². The van der Waals surface area contributed by atoms with E-state index in [4.69, 9.17) is 9.98 Å². The lowest BCUT2D eigenvalue weighted by Crippen LogP contribution is -2.42.